The van der Waals surface area contributed by atoms with Crippen molar-refractivity contribution in [2.75, 3.05) is 0 Å². The molecule has 0 aliphatic carbocycles. The maximum Gasteiger partial charge on any atom is 0.293 e. The molecular weight excluding hydrogens is 510 g/mol. The van der Waals surface area contributed by atoms with Crippen LogP contribution in [-0.2, 0) is 35.6 Å². The third-order valence-corrected chi connectivity index (χ3v) is 7.32. The van der Waals surface area contributed by atoms with Crippen LogP contribution in [0.1, 0.15) is 29.4 Å². The van der Waals surface area contributed by atoms with Crippen LogP contribution in [0.5, 0.6) is 0 Å². The van der Waals surface area contributed by atoms with Gasteiger partial charge in [-0.2, -0.15) is 0 Å². The minimum atomic E-state index is -0.339. The summed E-state index contributed by atoms with van der Waals surface area (Å²) >= 11 is 6.87. The second-order valence-electron chi connectivity index (χ2n) is 8.63. The van der Waals surface area contributed by atoms with Crippen LogP contribution in [0.3, 0.4) is 0 Å². The molecular formula is C28H24ClN3O4S. The molecule has 1 aliphatic rings. The molecule has 0 bridgehead atoms. The Kier molecular flexibility index (Phi) is 7.21. The van der Waals surface area contributed by atoms with Crippen LogP contribution in [-0.4, -0.2) is 26.5 Å². The summed E-state index contributed by atoms with van der Waals surface area (Å²) in [6, 6.07) is 16.6. The molecule has 1 aliphatic heterocycles. The summed E-state index contributed by atoms with van der Waals surface area (Å²) in [7, 11) is 0. The highest BCUT2D eigenvalue weighted by Gasteiger charge is 2.35. The van der Waals surface area contributed by atoms with E-state index >= 15 is 0 Å². The summed E-state index contributed by atoms with van der Waals surface area (Å²) in [5.41, 5.74) is 3.62. The van der Waals surface area contributed by atoms with Crippen LogP contribution in [0.4, 0.5) is 4.79 Å². The molecule has 0 radical (unpaired) electrons. The number of amides is 3. The largest absolute Gasteiger partial charge is 0.467 e. The van der Waals surface area contributed by atoms with E-state index in [2.05, 4.69) is 12.2 Å². The van der Waals surface area contributed by atoms with Crippen molar-refractivity contribution < 1.29 is 18.8 Å². The molecule has 0 saturated carbocycles. The van der Waals surface area contributed by atoms with E-state index in [-0.39, 0.29) is 30.1 Å². The topological polar surface area (TPSA) is 84.5 Å². The lowest BCUT2D eigenvalue weighted by Crippen LogP contribution is -2.27. The van der Waals surface area contributed by atoms with Crippen LogP contribution in [0.25, 0.3) is 17.0 Å². The summed E-state index contributed by atoms with van der Waals surface area (Å²) in [5.74, 6) is 0.178. The van der Waals surface area contributed by atoms with Gasteiger partial charge in [-0.1, -0.05) is 48.9 Å². The third-order valence-electron chi connectivity index (χ3n) is 6.16. The van der Waals surface area contributed by atoms with Crippen molar-refractivity contribution in [3.8, 4) is 0 Å². The molecule has 9 heteroatoms. The van der Waals surface area contributed by atoms with E-state index in [1.54, 1.807) is 48.7 Å². The molecule has 4 aromatic rings. The first-order valence-electron chi connectivity index (χ1n) is 11.8. The molecule has 0 atom stereocenters. The summed E-state index contributed by atoms with van der Waals surface area (Å²) < 4.78 is 7.19. The zero-order valence-corrected chi connectivity index (χ0v) is 21.6. The normalized spacial score (nSPS) is 14.8. The van der Waals surface area contributed by atoms with Crippen LogP contribution in [0.15, 0.2) is 76.4 Å². The summed E-state index contributed by atoms with van der Waals surface area (Å²) in [4.78, 5) is 40.1. The highest BCUT2D eigenvalue weighted by molar-refractivity contribution is 8.18. The molecule has 7 nitrogen and oxygen atoms in total. The average molecular weight is 534 g/mol. The van der Waals surface area contributed by atoms with E-state index in [4.69, 9.17) is 16.0 Å². The lowest BCUT2D eigenvalue weighted by atomic mass is 10.1. The zero-order chi connectivity index (χ0) is 25.9. The molecule has 2 aromatic carbocycles. The third kappa shape index (κ3) is 5.35. The van der Waals surface area contributed by atoms with Crippen molar-refractivity contribution in [2.45, 2.75) is 33.0 Å². The predicted octanol–water partition coefficient (Wildman–Crippen LogP) is 6.00. The van der Waals surface area contributed by atoms with Gasteiger partial charge in [-0.3, -0.25) is 19.3 Å². The fourth-order valence-electron chi connectivity index (χ4n) is 4.35. The number of nitrogens with zero attached hydrogens (tertiary/aromatic N) is 2. The van der Waals surface area contributed by atoms with Crippen LogP contribution in [0, 0.1) is 0 Å². The standard InChI is InChI=1S/C28H24ClN3O4S/c1-2-19-5-3-7-23-20(16-31(26(19)23)17-25(33)30-14-22-6-4-12-36-22)13-24-27(34)32(28(35)37-24)15-18-8-10-21(29)11-9-18/h3-13,16H,2,14-15,17H2,1H3,(H,30,33)/b24-13-. The van der Waals surface area contributed by atoms with Crippen LogP contribution in [0.2, 0.25) is 5.02 Å². The van der Waals surface area contributed by atoms with E-state index in [0.29, 0.717) is 22.2 Å². The number of rotatable bonds is 8. The molecule has 1 saturated heterocycles. The van der Waals surface area contributed by atoms with E-state index < -0.39 is 0 Å². The highest BCUT2D eigenvalue weighted by Crippen LogP contribution is 2.35. The van der Waals surface area contributed by atoms with E-state index in [1.807, 2.05) is 29.0 Å². The van der Waals surface area contributed by atoms with Gasteiger partial charge in [-0.15, -0.1) is 0 Å². The summed E-state index contributed by atoms with van der Waals surface area (Å²) in [6.07, 6.45) is 5.96. The number of para-hydroxylation sites is 1. The Balaban J connectivity index is 1.42. The highest BCUT2D eigenvalue weighted by atomic mass is 35.5. The number of aryl methyl sites for hydroxylation is 1. The first-order valence-corrected chi connectivity index (χ1v) is 13.0. The molecule has 3 heterocycles. The number of fused-ring (bicyclic) bond motifs is 1. The first kappa shape index (κ1) is 24.9. The minimum Gasteiger partial charge on any atom is -0.467 e. The monoisotopic (exact) mass is 533 g/mol. The Morgan fingerprint density at radius 2 is 1.92 bits per heavy atom. The van der Waals surface area contributed by atoms with Crippen molar-refractivity contribution >= 4 is 57.4 Å². The molecule has 0 unspecified atom stereocenters. The number of benzene rings is 2. The van der Waals surface area contributed by atoms with Gasteiger partial charge in [0.05, 0.1) is 29.8 Å². The predicted molar refractivity (Wildman–Crippen MR) is 145 cm³/mol. The Labute approximate surface area is 223 Å². The number of carbonyl (C=O) groups excluding carboxylic acids is 3. The van der Waals surface area contributed by atoms with Crippen LogP contribution >= 0.6 is 23.4 Å². The van der Waals surface area contributed by atoms with Crippen molar-refractivity contribution in [1.82, 2.24) is 14.8 Å². The molecule has 37 heavy (non-hydrogen) atoms. The van der Waals surface area contributed by atoms with Gasteiger partial charge in [0.15, 0.2) is 0 Å². The first-order chi connectivity index (χ1) is 17.9. The van der Waals surface area contributed by atoms with Gasteiger partial charge in [-0.25, -0.2) is 0 Å². The molecule has 0 spiro atoms. The second-order valence-corrected chi connectivity index (χ2v) is 10.1. The number of nitrogens with one attached hydrogen (secondary N) is 1. The van der Waals surface area contributed by atoms with E-state index in [1.165, 1.54) is 4.90 Å². The second kappa shape index (κ2) is 10.7. The average Bonchev–Trinajstić information content (AvgIpc) is 3.60. The molecule has 2 aromatic heterocycles. The fraction of sp³-hybridized carbons (Fsp3) is 0.179. The van der Waals surface area contributed by atoms with Crippen molar-refractivity contribution in [2.24, 2.45) is 0 Å². The number of imide groups is 1. The van der Waals surface area contributed by atoms with Gasteiger partial charge in [0.2, 0.25) is 5.91 Å². The van der Waals surface area contributed by atoms with Gasteiger partial charge in [0.1, 0.15) is 12.3 Å². The van der Waals surface area contributed by atoms with Crippen LogP contribution < -0.4 is 5.32 Å². The number of carbonyl (C=O) groups is 3. The van der Waals surface area contributed by atoms with Crippen molar-refractivity contribution in [3.63, 3.8) is 0 Å². The molecule has 1 N–H and O–H groups in total. The van der Waals surface area contributed by atoms with Crippen molar-refractivity contribution in [3.05, 3.63) is 99.4 Å². The quantitative estimate of drug-likeness (QED) is 0.281. The van der Waals surface area contributed by atoms with Gasteiger partial charge >= 0.3 is 0 Å². The van der Waals surface area contributed by atoms with E-state index in [9.17, 15) is 14.4 Å². The van der Waals surface area contributed by atoms with Gasteiger partial charge < -0.3 is 14.3 Å². The van der Waals surface area contributed by atoms with Gasteiger partial charge in [0.25, 0.3) is 11.1 Å². The Morgan fingerprint density at radius 3 is 2.65 bits per heavy atom. The summed E-state index contributed by atoms with van der Waals surface area (Å²) in [5, 5.41) is 4.07. The smallest absolute Gasteiger partial charge is 0.293 e. The Bertz CT molecular complexity index is 1510. The Morgan fingerprint density at radius 1 is 1.11 bits per heavy atom. The number of aromatic nitrogens is 1. The van der Waals surface area contributed by atoms with Crippen molar-refractivity contribution in [1.29, 1.82) is 0 Å². The number of hydrogen-bond donors (Lipinski definition) is 1. The number of furan rings is 1. The maximum absolute atomic E-state index is 13.1. The van der Waals surface area contributed by atoms with Gasteiger partial charge in [0, 0.05) is 22.2 Å². The Hall–Kier alpha value is -3.75. The zero-order valence-electron chi connectivity index (χ0n) is 20.1. The molecule has 5 rings (SSSR count). The molecule has 188 valence electrons. The summed E-state index contributed by atoms with van der Waals surface area (Å²) in [6.45, 7) is 2.65. The number of hydrogen-bond acceptors (Lipinski definition) is 5. The van der Waals surface area contributed by atoms with Gasteiger partial charge in [-0.05, 0) is 59.7 Å². The number of thioether (sulfide) groups is 1. The maximum atomic E-state index is 13.1. The number of halogens is 1. The fourth-order valence-corrected chi connectivity index (χ4v) is 5.31. The lowest BCUT2D eigenvalue weighted by Gasteiger charge is -2.12. The molecule has 1 fully saturated rings. The SMILES string of the molecule is CCc1cccc2c(/C=C3\SC(=O)N(Cc4ccc(Cl)cc4)C3=O)cn(CC(=O)NCc3ccco3)c12. The van der Waals surface area contributed by atoms with E-state index in [0.717, 1.165) is 45.8 Å². The lowest BCUT2D eigenvalue weighted by molar-refractivity contribution is -0.123. The molecule has 3 amide bonds. The minimum absolute atomic E-state index is 0.111.